The molecule has 0 fully saturated rings. The van der Waals surface area contributed by atoms with Crippen molar-refractivity contribution in [2.75, 3.05) is 7.05 Å². The highest BCUT2D eigenvalue weighted by Crippen LogP contribution is 2.43. The lowest BCUT2D eigenvalue weighted by molar-refractivity contribution is -0.146. The Balaban J connectivity index is 2.55. The van der Waals surface area contributed by atoms with E-state index in [2.05, 4.69) is 13.2 Å². The fourth-order valence-corrected chi connectivity index (χ4v) is 3.42. The van der Waals surface area contributed by atoms with Gasteiger partial charge in [-0.1, -0.05) is 48.6 Å². The van der Waals surface area contributed by atoms with Crippen molar-refractivity contribution in [3.63, 3.8) is 0 Å². The van der Waals surface area contributed by atoms with Gasteiger partial charge < -0.3 is 10.2 Å². The van der Waals surface area contributed by atoms with Gasteiger partial charge >= 0.3 is 0 Å². The Morgan fingerprint density at radius 3 is 1.36 bits per heavy atom. The third kappa shape index (κ3) is 2.17. The maximum atomic E-state index is 11.3. The summed E-state index contributed by atoms with van der Waals surface area (Å²) in [7, 11) is 1.69. The van der Waals surface area contributed by atoms with Gasteiger partial charge in [-0.25, -0.2) is 4.90 Å². The van der Waals surface area contributed by atoms with Gasteiger partial charge in [0, 0.05) is 0 Å². The molecule has 2 rings (SSSR count). The first-order valence-corrected chi connectivity index (χ1v) is 7.36. The van der Waals surface area contributed by atoms with Crippen LogP contribution in [-0.2, 0) is 0 Å². The summed E-state index contributed by atoms with van der Waals surface area (Å²) in [5, 5.41) is 22.6. The first-order chi connectivity index (χ1) is 10.0. The van der Waals surface area contributed by atoms with Crippen LogP contribution < -0.4 is 0 Å². The first-order valence-electron chi connectivity index (χ1n) is 7.36. The van der Waals surface area contributed by atoms with Crippen molar-refractivity contribution in [3.05, 3.63) is 70.9 Å². The van der Waals surface area contributed by atoms with Gasteiger partial charge in [-0.3, -0.25) is 0 Å². The summed E-state index contributed by atoms with van der Waals surface area (Å²) in [5.41, 5.74) is 1.66. The van der Waals surface area contributed by atoms with Crippen molar-refractivity contribution in [1.82, 2.24) is 4.90 Å². The van der Waals surface area contributed by atoms with Gasteiger partial charge in [0.2, 0.25) is 0 Å². The molecule has 0 aliphatic heterocycles. The third-order valence-electron chi connectivity index (χ3n) is 4.66. The van der Waals surface area contributed by atoms with Crippen LogP contribution in [0.4, 0.5) is 0 Å². The molecule has 0 spiro atoms. The molecule has 0 radical (unpaired) electrons. The molecule has 2 aliphatic carbocycles. The standard InChI is InChI=1S/C19H25NO2/c1-12-8-14(3)18(21,15(4)9-12)20(7)19(22)16(5)10-13(2)11-17(19)6/h8-11,21-22H,3,5H2,1-2,4,6-7H3. The van der Waals surface area contributed by atoms with Crippen LogP contribution in [-0.4, -0.2) is 33.6 Å². The minimum absolute atomic E-state index is 0.535. The van der Waals surface area contributed by atoms with E-state index in [0.717, 1.165) is 22.3 Å². The van der Waals surface area contributed by atoms with Crippen molar-refractivity contribution in [2.45, 2.75) is 39.1 Å². The second kappa shape index (κ2) is 5.20. The number of allylic oxidation sites excluding steroid dienone is 4. The third-order valence-corrected chi connectivity index (χ3v) is 4.66. The van der Waals surface area contributed by atoms with Crippen LogP contribution in [0.3, 0.4) is 0 Å². The van der Waals surface area contributed by atoms with Gasteiger partial charge in [0.25, 0.3) is 0 Å². The van der Waals surface area contributed by atoms with Gasteiger partial charge in [0.05, 0.1) is 0 Å². The zero-order valence-electron chi connectivity index (χ0n) is 14.1. The van der Waals surface area contributed by atoms with E-state index in [9.17, 15) is 10.2 Å². The summed E-state index contributed by atoms with van der Waals surface area (Å²) >= 11 is 0. The maximum absolute atomic E-state index is 11.3. The highest BCUT2D eigenvalue weighted by molar-refractivity contribution is 5.51. The molecule has 0 aromatic heterocycles. The van der Waals surface area contributed by atoms with Crippen molar-refractivity contribution in [2.24, 2.45) is 0 Å². The number of likely N-dealkylation sites (N-methyl/N-ethyl adjacent to an activating group) is 1. The van der Waals surface area contributed by atoms with Gasteiger partial charge in [-0.2, -0.15) is 0 Å². The Bertz CT molecular complexity index is 620. The molecule has 0 saturated heterocycles. The molecule has 0 saturated carbocycles. The van der Waals surface area contributed by atoms with Crippen LogP contribution in [0.5, 0.6) is 0 Å². The zero-order valence-corrected chi connectivity index (χ0v) is 14.1. The Labute approximate surface area is 133 Å². The lowest BCUT2D eigenvalue weighted by Gasteiger charge is -2.50. The predicted molar refractivity (Wildman–Crippen MR) is 91.0 cm³/mol. The quantitative estimate of drug-likeness (QED) is 0.770. The van der Waals surface area contributed by atoms with Crippen LogP contribution >= 0.6 is 0 Å². The molecule has 2 unspecified atom stereocenters. The summed E-state index contributed by atoms with van der Waals surface area (Å²) < 4.78 is 0. The van der Waals surface area contributed by atoms with E-state index in [1.54, 1.807) is 7.05 Å². The first kappa shape index (κ1) is 16.7. The minimum atomic E-state index is -1.45. The topological polar surface area (TPSA) is 43.7 Å². The number of rotatable bonds is 2. The summed E-state index contributed by atoms with van der Waals surface area (Å²) in [5.74, 6) is 0. The van der Waals surface area contributed by atoms with Crippen LogP contribution in [0.2, 0.25) is 0 Å². The number of hydrogen-bond donors (Lipinski definition) is 2. The molecule has 2 N–H and O–H groups in total. The van der Waals surface area contributed by atoms with Crippen molar-refractivity contribution in [1.29, 1.82) is 0 Å². The molecule has 0 heterocycles. The highest BCUT2D eigenvalue weighted by Gasteiger charge is 2.50. The zero-order chi connectivity index (χ0) is 16.9. The Kier molecular flexibility index (Phi) is 3.94. The van der Waals surface area contributed by atoms with E-state index in [-0.39, 0.29) is 0 Å². The van der Waals surface area contributed by atoms with E-state index in [0.29, 0.717) is 11.1 Å². The monoisotopic (exact) mass is 299 g/mol. The van der Waals surface area contributed by atoms with Gasteiger partial charge in [0.1, 0.15) is 0 Å². The second-order valence-electron chi connectivity index (χ2n) is 6.39. The lowest BCUT2D eigenvalue weighted by atomic mass is 9.81. The van der Waals surface area contributed by atoms with Crippen molar-refractivity contribution < 1.29 is 10.2 Å². The van der Waals surface area contributed by atoms with E-state index in [4.69, 9.17) is 0 Å². The smallest absolute Gasteiger partial charge is 0.168 e. The Hall–Kier alpha value is -1.68. The molecule has 118 valence electrons. The molecular weight excluding hydrogens is 274 g/mol. The van der Waals surface area contributed by atoms with Crippen LogP contribution in [0.15, 0.2) is 70.9 Å². The molecule has 3 heteroatoms. The van der Waals surface area contributed by atoms with Gasteiger partial charge in [-0.15, -0.1) is 0 Å². The van der Waals surface area contributed by atoms with E-state index >= 15 is 0 Å². The highest BCUT2D eigenvalue weighted by atomic mass is 16.3. The summed E-state index contributed by atoms with van der Waals surface area (Å²) in [6.07, 6.45) is 7.47. The van der Waals surface area contributed by atoms with E-state index in [1.807, 2.05) is 52.0 Å². The van der Waals surface area contributed by atoms with Gasteiger partial charge in [-0.05, 0) is 57.0 Å². The summed E-state index contributed by atoms with van der Waals surface area (Å²) in [6, 6.07) is 0. The largest absolute Gasteiger partial charge is 0.367 e. The van der Waals surface area contributed by atoms with Gasteiger partial charge in [0.15, 0.2) is 11.4 Å². The number of aliphatic hydroxyl groups is 2. The van der Waals surface area contributed by atoms with Crippen LogP contribution in [0.25, 0.3) is 0 Å². The molecule has 22 heavy (non-hydrogen) atoms. The number of hydrogen-bond acceptors (Lipinski definition) is 3. The molecule has 0 amide bonds. The van der Waals surface area contributed by atoms with E-state index < -0.39 is 11.4 Å². The molecule has 2 atom stereocenters. The number of nitrogens with zero attached hydrogens (tertiary/aromatic N) is 1. The Morgan fingerprint density at radius 2 is 1.09 bits per heavy atom. The molecule has 0 bridgehead atoms. The molecular formula is C19H25NO2. The average Bonchev–Trinajstić information content (AvgIpc) is 2.40. The normalized spacial score (nSPS) is 32.5. The average molecular weight is 299 g/mol. The van der Waals surface area contributed by atoms with Crippen molar-refractivity contribution >= 4 is 0 Å². The molecule has 3 nitrogen and oxygen atoms in total. The molecule has 2 aliphatic rings. The summed E-state index contributed by atoms with van der Waals surface area (Å²) in [4.78, 5) is 1.54. The summed E-state index contributed by atoms with van der Waals surface area (Å²) in [6.45, 7) is 15.6. The Morgan fingerprint density at radius 1 is 0.773 bits per heavy atom. The minimum Gasteiger partial charge on any atom is -0.367 e. The van der Waals surface area contributed by atoms with E-state index in [1.165, 1.54) is 4.90 Å². The maximum Gasteiger partial charge on any atom is 0.168 e. The lowest BCUT2D eigenvalue weighted by Crippen LogP contribution is -2.62. The predicted octanol–water partition coefficient (Wildman–Crippen LogP) is 3.22. The fourth-order valence-electron chi connectivity index (χ4n) is 3.42. The van der Waals surface area contributed by atoms with Crippen molar-refractivity contribution in [3.8, 4) is 0 Å². The fraction of sp³-hybridized carbons (Fsp3) is 0.368. The SMILES string of the molecule is C=C1C=C(C)C=C(C)C1(O)N(C)C1(O)C(=C)C=C(C)C=C1C. The molecule has 0 aromatic carbocycles. The second-order valence-corrected chi connectivity index (χ2v) is 6.39. The van der Waals surface area contributed by atoms with Crippen LogP contribution in [0.1, 0.15) is 27.7 Å². The van der Waals surface area contributed by atoms with Crippen LogP contribution in [0, 0.1) is 0 Å². The molecule has 0 aromatic rings.